The molecule has 0 radical (unpaired) electrons. The lowest BCUT2D eigenvalue weighted by molar-refractivity contribution is -0.127. The van der Waals surface area contributed by atoms with Crippen LogP contribution in [0, 0.1) is 0 Å². The third-order valence-corrected chi connectivity index (χ3v) is 3.60. The molecular weight excluding hydrogens is 240 g/mol. The van der Waals surface area contributed by atoms with Crippen molar-refractivity contribution in [3.05, 3.63) is 42.2 Å². The largest absolute Gasteiger partial charge is 0.391 e. The fourth-order valence-electron chi connectivity index (χ4n) is 2.60. The van der Waals surface area contributed by atoms with Crippen molar-refractivity contribution in [2.75, 3.05) is 13.1 Å². The molecule has 1 saturated heterocycles. The molecule has 19 heavy (non-hydrogen) atoms. The van der Waals surface area contributed by atoms with Gasteiger partial charge in [0.2, 0.25) is 5.91 Å². The first-order valence-electron chi connectivity index (χ1n) is 6.51. The van der Waals surface area contributed by atoms with Gasteiger partial charge in [-0.05, 0) is 17.4 Å². The maximum atomic E-state index is 11.6. The summed E-state index contributed by atoms with van der Waals surface area (Å²) in [4.78, 5) is 17.6. The van der Waals surface area contributed by atoms with Crippen molar-refractivity contribution in [3.8, 4) is 0 Å². The van der Waals surface area contributed by atoms with Gasteiger partial charge in [-0.15, -0.1) is 0 Å². The first kappa shape index (κ1) is 12.1. The van der Waals surface area contributed by atoms with E-state index >= 15 is 0 Å². The molecule has 1 aromatic carbocycles. The highest BCUT2D eigenvalue weighted by Crippen LogP contribution is 2.19. The van der Waals surface area contributed by atoms with Gasteiger partial charge in [0.15, 0.2) is 0 Å². The molecule has 4 nitrogen and oxygen atoms in total. The number of aromatic nitrogens is 1. The zero-order valence-corrected chi connectivity index (χ0v) is 10.6. The summed E-state index contributed by atoms with van der Waals surface area (Å²) in [6.07, 6.45) is 4.24. The summed E-state index contributed by atoms with van der Waals surface area (Å²) in [6, 6.07) is 8.12. The Kier molecular flexibility index (Phi) is 3.17. The molecule has 0 bridgehead atoms. The smallest absolute Gasteiger partial charge is 0.225 e. The number of carbonyl (C=O) groups is 1. The molecule has 0 aliphatic carbocycles. The Bertz CT molecular complexity index is 607. The monoisotopic (exact) mass is 256 g/mol. The number of benzene rings is 1. The number of rotatable bonds is 3. The van der Waals surface area contributed by atoms with E-state index in [1.54, 1.807) is 4.90 Å². The van der Waals surface area contributed by atoms with E-state index in [1.165, 1.54) is 5.39 Å². The number of carbonyl (C=O) groups excluding carboxylic acids is 1. The normalized spacial score (nSPS) is 19.3. The van der Waals surface area contributed by atoms with Crippen LogP contribution in [-0.2, 0) is 11.2 Å². The first-order valence-corrected chi connectivity index (χ1v) is 6.51. The standard InChI is InChI=1S/C15H16N2O2/c18-13-7-15(19)17(10-13)6-5-12-9-16-8-11-3-1-2-4-14(11)12/h1-4,8-9,13,18H,5-7,10H2. The van der Waals surface area contributed by atoms with Crippen molar-refractivity contribution in [1.82, 2.24) is 9.88 Å². The van der Waals surface area contributed by atoms with Crippen molar-refractivity contribution in [2.45, 2.75) is 18.9 Å². The average molecular weight is 256 g/mol. The van der Waals surface area contributed by atoms with Crippen LogP contribution in [0.15, 0.2) is 36.7 Å². The molecule has 0 spiro atoms. The molecule has 1 aromatic heterocycles. The minimum atomic E-state index is -0.502. The highest BCUT2D eigenvalue weighted by molar-refractivity contribution is 5.84. The molecule has 1 amide bonds. The maximum absolute atomic E-state index is 11.6. The number of pyridine rings is 1. The van der Waals surface area contributed by atoms with Gasteiger partial charge in [0.1, 0.15) is 0 Å². The molecule has 3 rings (SSSR count). The van der Waals surface area contributed by atoms with Gasteiger partial charge in [-0.3, -0.25) is 9.78 Å². The van der Waals surface area contributed by atoms with Crippen molar-refractivity contribution in [1.29, 1.82) is 0 Å². The topological polar surface area (TPSA) is 53.4 Å². The second-order valence-electron chi connectivity index (χ2n) is 4.97. The van der Waals surface area contributed by atoms with Crippen molar-refractivity contribution in [3.63, 3.8) is 0 Å². The number of nitrogens with zero attached hydrogens (tertiary/aromatic N) is 2. The number of aliphatic hydroxyl groups is 1. The number of aliphatic hydroxyl groups excluding tert-OH is 1. The molecule has 1 N–H and O–H groups in total. The Balaban J connectivity index is 1.77. The molecular formula is C15H16N2O2. The van der Waals surface area contributed by atoms with E-state index in [0.717, 1.165) is 17.4 Å². The number of β-amino-alcohol motifs (C(OH)–C–C–N with tert-alkyl or cyclic N) is 1. The zero-order valence-electron chi connectivity index (χ0n) is 10.6. The highest BCUT2D eigenvalue weighted by Gasteiger charge is 2.27. The van der Waals surface area contributed by atoms with Crippen LogP contribution in [0.1, 0.15) is 12.0 Å². The van der Waals surface area contributed by atoms with Crippen LogP contribution in [0.3, 0.4) is 0 Å². The van der Waals surface area contributed by atoms with Gasteiger partial charge in [-0.25, -0.2) is 0 Å². The van der Waals surface area contributed by atoms with E-state index in [1.807, 2.05) is 30.6 Å². The van der Waals surface area contributed by atoms with Gasteiger partial charge >= 0.3 is 0 Å². The van der Waals surface area contributed by atoms with E-state index in [9.17, 15) is 9.90 Å². The van der Waals surface area contributed by atoms with Crippen LogP contribution in [0.4, 0.5) is 0 Å². The third-order valence-electron chi connectivity index (χ3n) is 3.60. The molecule has 0 saturated carbocycles. The summed E-state index contributed by atoms with van der Waals surface area (Å²) in [6.45, 7) is 1.10. The minimum Gasteiger partial charge on any atom is -0.391 e. The Labute approximate surface area is 111 Å². The van der Waals surface area contributed by atoms with Crippen molar-refractivity contribution < 1.29 is 9.90 Å². The van der Waals surface area contributed by atoms with E-state index in [0.29, 0.717) is 13.1 Å². The summed E-state index contributed by atoms with van der Waals surface area (Å²) in [5.74, 6) is 0.0423. The second kappa shape index (κ2) is 4.97. The molecule has 4 heteroatoms. The molecule has 1 aliphatic heterocycles. The Morgan fingerprint density at radius 1 is 1.32 bits per heavy atom. The van der Waals surface area contributed by atoms with E-state index in [4.69, 9.17) is 0 Å². The van der Waals surface area contributed by atoms with E-state index in [-0.39, 0.29) is 12.3 Å². The molecule has 1 unspecified atom stereocenters. The number of amides is 1. The van der Waals surface area contributed by atoms with E-state index in [2.05, 4.69) is 11.1 Å². The fraction of sp³-hybridized carbons (Fsp3) is 0.333. The predicted molar refractivity (Wildman–Crippen MR) is 72.7 cm³/mol. The molecule has 2 aromatic rings. The predicted octanol–water partition coefficient (Wildman–Crippen LogP) is 1.37. The Morgan fingerprint density at radius 2 is 2.16 bits per heavy atom. The van der Waals surface area contributed by atoms with Crippen LogP contribution >= 0.6 is 0 Å². The van der Waals surface area contributed by atoms with Crippen LogP contribution < -0.4 is 0 Å². The quantitative estimate of drug-likeness (QED) is 0.902. The maximum Gasteiger partial charge on any atom is 0.225 e. The Hall–Kier alpha value is -1.94. The van der Waals surface area contributed by atoms with Gasteiger partial charge < -0.3 is 10.0 Å². The van der Waals surface area contributed by atoms with Crippen molar-refractivity contribution in [2.24, 2.45) is 0 Å². The third kappa shape index (κ3) is 2.44. The van der Waals surface area contributed by atoms with Gasteiger partial charge in [0.25, 0.3) is 0 Å². The summed E-state index contributed by atoms with van der Waals surface area (Å²) in [5.41, 5.74) is 1.15. The lowest BCUT2D eigenvalue weighted by atomic mass is 10.1. The second-order valence-corrected chi connectivity index (χ2v) is 4.97. The van der Waals surface area contributed by atoms with Crippen LogP contribution in [-0.4, -0.2) is 40.1 Å². The van der Waals surface area contributed by atoms with Crippen LogP contribution in [0.25, 0.3) is 10.8 Å². The number of likely N-dealkylation sites (tertiary alicyclic amines) is 1. The lowest BCUT2D eigenvalue weighted by Crippen LogP contribution is -2.28. The van der Waals surface area contributed by atoms with Gasteiger partial charge in [0.05, 0.1) is 12.5 Å². The van der Waals surface area contributed by atoms with Gasteiger partial charge in [0, 0.05) is 30.9 Å². The average Bonchev–Trinajstić information content (AvgIpc) is 2.74. The van der Waals surface area contributed by atoms with Gasteiger partial charge in [-0.2, -0.15) is 0 Å². The summed E-state index contributed by atoms with van der Waals surface area (Å²) >= 11 is 0. The molecule has 1 atom stereocenters. The molecule has 2 heterocycles. The van der Waals surface area contributed by atoms with E-state index < -0.39 is 6.10 Å². The molecule has 1 aliphatic rings. The van der Waals surface area contributed by atoms with Crippen LogP contribution in [0.5, 0.6) is 0 Å². The summed E-state index contributed by atoms with van der Waals surface area (Å²) < 4.78 is 0. The van der Waals surface area contributed by atoms with Gasteiger partial charge in [-0.1, -0.05) is 24.3 Å². The number of fused-ring (bicyclic) bond motifs is 1. The number of hydrogen-bond acceptors (Lipinski definition) is 3. The molecule has 1 fully saturated rings. The zero-order chi connectivity index (χ0) is 13.2. The highest BCUT2D eigenvalue weighted by atomic mass is 16.3. The first-order chi connectivity index (χ1) is 9.24. The minimum absolute atomic E-state index is 0.0423. The fourth-order valence-corrected chi connectivity index (χ4v) is 2.60. The summed E-state index contributed by atoms with van der Waals surface area (Å²) in [5, 5.41) is 11.8. The Morgan fingerprint density at radius 3 is 2.95 bits per heavy atom. The SMILES string of the molecule is O=C1CC(O)CN1CCc1cncc2ccccc12. The number of hydrogen-bond donors (Lipinski definition) is 1. The van der Waals surface area contributed by atoms with Crippen molar-refractivity contribution >= 4 is 16.7 Å². The summed E-state index contributed by atoms with van der Waals surface area (Å²) in [7, 11) is 0. The lowest BCUT2D eigenvalue weighted by Gasteiger charge is -2.16. The molecule has 98 valence electrons. The van der Waals surface area contributed by atoms with Crippen LogP contribution in [0.2, 0.25) is 0 Å².